The predicted molar refractivity (Wildman–Crippen MR) is 72.9 cm³/mol. The van der Waals surface area contributed by atoms with Crippen LogP contribution in [0.25, 0.3) is 0 Å². The normalized spacial score (nSPS) is 11.4. The third kappa shape index (κ3) is 7.46. The molecule has 9 nitrogen and oxygen atoms in total. The fourth-order valence-corrected chi connectivity index (χ4v) is 1.92. The van der Waals surface area contributed by atoms with Gasteiger partial charge in [0.05, 0.1) is 0 Å². The predicted octanol–water partition coefficient (Wildman–Crippen LogP) is -1.83. The molecule has 0 bridgehead atoms. The smallest absolute Gasteiger partial charge is 0.323 e. The van der Waals surface area contributed by atoms with Gasteiger partial charge >= 0.3 is 12.0 Å². The average molecular weight is 306 g/mol. The maximum atomic E-state index is 12.1. The minimum Gasteiger partial charge on any atom is -0.480 e. The van der Waals surface area contributed by atoms with E-state index in [0.717, 1.165) is 4.90 Å². The highest BCUT2D eigenvalue weighted by atomic mass is 32.2. The molecule has 0 rings (SSSR count). The van der Waals surface area contributed by atoms with E-state index in [1.165, 1.54) is 11.8 Å². The molecule has 1 unspecified atom stereocenters. The molecule has 0 aromatic rings. The largest absolute Gasteiger partial charge is 0.480 e. The summed E-state index contributed by atoms with van der Waals surface area (Å²) < 4.78 is 0. The first kappa shape index (κ1) is 18.0. The van der Waals surface area contributed by atoms with E-state index >= 15 is 0 Å². The lowest BCUT2D eigenvalue weighted by Crippen LogP contribution is -2.53. The van der Waals surface area contributed by atoms with Crippen LogP contribution in [0.3, 0.4) is 0 Å². The Kier molecular flexibility index (Phi) is 8.13. The lowest BCUT2D eigenvalue weighted by Gasteiger charge is -2.25. The number of aliphatic carboxylic acids is 1. The molecule has 0 radical (unpaired) electrons. The van der Waals surface area contributed by atoms with Crippen LogP contribution in [0.4, 0.5) is 4.79 Å². The molecule has 4 amide bonds. The molecule has 20 heavy (non-hydrogen) atoms. The zero-order valence-electron chi connectivity index (χ0n) is 11.0. The fourth-order valence-electron chi connectivity index (χ4n) is 1.45. The topological polar surface area (TPSA) is 156 Å². The van der Waals surface area contributed by atoms with Gasteiger partial charge in [0, 0.05) is 0 Å². The van der Waals surface area contributed by atoms with E-state index in [9.17, 15) is 19.2 Å². The van der Waals surface area contributed by atoms with Gasteiger partial charge in [-0.3, -0.25) is 14.4 Å². The number of amides is 4. The van der Waals surface area contributed by atoms with Crippen molar-refractivity contribution in [2.45, 2.75) is 12.5 Å². The van der Waals surface area contributed by atoms with Gasteiger partial charge in [-0.25, -0.2) is 4.79 Å². The first-order valence-electron chi connectivity index (χ1n) is 5.61. The Morgan fingerprint density at radius 2 is 1.85 bits per heavy atom. The van der Waals surface area contributed by atoms with Gasteiger partial charge < -0.3 is 26.8 Å². The summed E-state index contributed by atoms with van der Waals surface area (Å²) in [6.45, 7) is -1.22. The number of carboxylic acids is 1. The van der Waals surface area contributed by atoms with Crippen molar-refractivity contribution in [2.75, 3.05) is 25.1 Å². The Labute approximate surface area is 120 Å². The summed E-state index contributed by atoms with van der Waals surface area (Å²) in [6, 6.07) is -1.89. The molecule has 0 aliphatic rings. The van der Waals surface area contributed by atoms with Crippen LogP contribution in [0.5, 0.6) is 0 Å². The number of nitrogens with one attached hydrogen (secondary N) is 1. The molecule has 1 atom stereocenters. The van der Waals surface area contributed by atoms with Crippen LogP contribution < -0.4 is 16.8 Å². The molecule has 0 aromatic heterocycles. The highest BCUT2D eigenvalue weighted by Gasteiger charge is 2.27. The molecule has 0 saturated carbocycles. The molecule has 0 aliphatic heterocycles. The van der Waals surface area contributed by atoms with Crippen molar-refractivity contribution in [3.05, 3.63) is 0 Å². The van der Waals surface area contributed by atoms with Gasteiger partial charge in [0.25, 0.3) is 0 Å². The van der Waals surface area contributed by atoms with Crippen molar-refractivity contribution in [2.24, 2.45) is 11.5 Å². The standard InChI is InChI=1S/C10H18N4O5S/c1-20-3-2-6(13-10(12)19)9(18)14(4-7(11)15)5-8(16)17/h6H,2-5H2,1H3,(H2,11,15)(H,16,17)(H3,12,13,19). The third-order valence-corrected chi connectivity index (χ3v) is 2.85. The van der Waals surface area contributed by atoms with Crippen LogP contribution >= 0.6 is 11.8 Å². The molecule has 0 fully saturated rings. The van der Waals surface area contributed by atoms with Crippen LogP contribution in [0.1, 0.15) is 6.42 Å². The number of carboxylic acid groups (broad SMARTS) is 1. The number of hydrogen-bond acceptors (Lipinski definition) is 5. The summed E-state index contributed by atoms with van der Waals surface area (Å²) in [7, 11) is 0. The Balaban J connectivity index is 4.95. The Bertz CT molecular complexity index is 374. The lowest BCUT2D eigenvalue weighted by atomic mass is 10.2. The summed E-state index contributed by atoms with van der Waals surface area (Å²) in [6.07, 6.45) is 2.07. The number of nitrogens with zero attached hydrogens (tertiary/aromatic N) is 1. The highest BCUT2D eigenvalue weighted by Crippen LogP contribution is 2.05. The zero-order chi connectivity index (χ0) is 15.7. The summed E-state index contributed by atoms with van der Waals surface area (Å²) in [5, 5.41) is 11.0. The van der Waals surface area contributed by atoms with E-state index in [4.69, 9.17) is 16.6 Å². The van der Waals surface area contributed by atoms with E-state index in [2.05, 4.69) is 5.32 Å². The second-order valence-electron chi connectivity index (χ2n) is 3.90. The molecular formula is C10H18N4O5S. The minimum atomic E-state index is -1.29. The van der Waals surface area contributed by atoms with Crippen LogP contribution in [0.15, 0.2) is 0 Å². The highest BCUT2D eigenvalue weighted by molar-refractivity contribution is 7.98. The first-order chi connectivity index (χ1) is 9.27. The maximum absolute atomic E-state index is 12.1. The molecule has 0 heterocycles. The van der Waals surface area contributed by atoms with Crippen molar-refractivity contribution in [1.82, 2.24) is 10.2 Å². The first-order valence-corrected chi connectivity index (χ1v) is 7.01. The van der Waals surface area contributed by atoms with E-state index in [0.29, 0.717) is 5.75 Å². The molecule has 114 valence electrons. The molecule has 0 spiro atoms. The van der Waals surface area contributed by atoms with Gasteiger partial charge in [-0.15, -0.1) is 0 Å². The average Bonchev–Trinajstić information content (AvgIpc) is 2.31. The zero-order valence-corrected chi connectivity index (χ0v) is 11.8. The summed E-state index contributed by atoms with van der Waals surface area (Å²) in [5.74, 6) is -2.29. The second kappa shape index (κ2) is 9.02. The van der Waals surface area contributed by atoms with Crippen molar-refractivity contribution in [1.29, 1.82) is 0 Å². The van der Waals surface area contributed by atoms with Crippen molar-refractivity contribution in [3.8, 4) is 0 Å². The minimum absolute atomic E-state index is 0.262. The summed E-state index contributed by atoms with van der Waals surface area (Å²) in [5.41, 5.74) is 9.94. The fraction of sp³-hybridized carbons (Fsp3) is 0.600. The monoisotopic (exact) mass is 306 g/mol. The second-order valence-corrected chi connectivity index (χ2v) is 4.88. The number of rotatable bonds is 9. The van der Waals surface area contributed by atoms with Gasteiger partial charge in [0.2, 0.25) is 11.8 Å². The number of primary amides is 2. The van der Waals surface area contributed by atoms with E-state index < -0.39 is 42.9 Å². The summed E-state index contributed by atoms with van der Waals surface area (Å²) in [4.78, 5) is 45.3. The van der Waals surface area contributed by atoms with Crippen LogP contribution in [-0.2, 0) is 14.4 Å². The summed E-state index contributed by atoms with van der Waals surface area (Å²) >= 11 is 1.44. The van der Waals surface area contributed by atoms with Crippen molar-refractivity contribution < 1.29 is 24.3 Å². The van der Waals surface area contributed by atoms with E-state index in [-0.39, 0.29) is 6.42 Å². The number of hydrogen-bond donors (Lipinski definition) is 4. The molecule has 0 saturated heterocycles. The molecule has 0 aromatic carbocycles. The van der Waals surface area contributed by atoms with Crippen LogP contribution in [0.2, 0.25) is 0 Å². The molecular weight excluding hydrogens is 288 g/mol. The van der Waals surface area contributed by atoms with Gasteiger partial charge in [0.1, 0.15) is 19.1 Å². The molecule has 10 heteroatoms. The SMILES string of the molecule is CSCCC(NC(N)=O)C(=O)N(CC(N)=O)CC(=O)O. The number of thioether (sulfide) groups is 1. The maximum Gasteiger partial charge on any atom is 0.323 e. The Hall–Kier alpha value is -1.97. The van der Waals surface area contributed by atoms with Gasteiger partial charge in [-0.1, -0.05) is 0 Å². The number of carbonyl (C=O) groups excluding carboxylic acids is 3. The number of urea groups is 1. The van der Waals surface area contributed by atoms with Gasteiger partial charge in [0.15, 0.2) is 0 Å². The number of nitrogens with two attached hydrogens (primary N) is 2. The van der Waals surface area contributed by atoms with Crippen molar-refractivity contribution in [3.63, 3.8) is 0 Å². The molecule has 6 N–H and O–H groups in total. The Morgan fingerprint density at radius 1 is 1.25 bits per heavy atom. The van der Waals surface area contributed by atoms with E-state index in [1.807, 2.05) is 6.26 Å². The van der Waals surface area contributed by atoms with E-state index in [1.54, 1.807) is 0 Å². The third-order valence-electron chi connectivity index (χ3n) is 2.21. The van der Waals surface area contributed by atoms with Gasteiger partial charge in [-0.2, -0.15) is 11.8 Å². The van der Waals surface area contributed by atoms with Gasteiger partial charge in [-0.05, 0) is 18.4 Å². The Morgan fingerprint density at radius 3 is 2.25 bits per heavy atom. The quantitative estimate of drug-likeness (QED) is 0.393. The van der Waals surface area contributed by atoms with Crippen LogP contribution in [-0.4, -0.2) is 65.0 Å². The van der Waals surface area contributed by atoms with Crippen LogP contribution in [0, 0.1) is 0 Å². The number of carbonyl (C=O) groups is 4. The van der Waals surface area contributed by atoms with Crippen molar-refractivity contribution >= 4 is 35.6 Å². The lowest BCUT2D eigenvalue weighted by molar-refractivity contribution is -0.146. The molecule has 0 aliphatic carbocycles.